The third-order valence-corrected chi connectivity index (χ3v) is 6.07. The maximum atomic E-state index is 13.6. The first-order chi connectivity index (χ1) is 16.7. The van der Waals surface area contributed by atoms with Crippen LogP contribution in [0.15, 0.2) is 97.2 Å². The van der Waals surface area contributed by atoms with E-state index in [0.717, 1.165) is 46.8 Å². The second-order valence-corrected chi connectivity index (χ2v) is 8.44. The smallest absolute Gasteiger partial charge is 0.251 e. The van der Waals surface area contributed by atoms with Gasteiger partial charge < -0.3 is 14.5 Å². The number of methoxy groups -OCH3 is 1. The number of fused-ring (bicyclic) bond motifs is 1. The van der Waals surface area contributed by atoms with E-state index in [9.17, 15) is 4.79 Å². The van der Waals surface area contributed by atoms with E-state index in [0.29, 0.717) is 6.54 Å². The van der Waals surface area contributed by atoms with Crippen LogP contribution in [0.1, 0.15) is 37.3 Å². The summed E-state index contributed by atoms with van der Waals surface area (Å²) in [5.41, 5.74) is 5.08. The number of rotatable bonds is 9. The Morgan fingerprint density at radius 2 is 1.68 bits per heavy atom. The number of benzene rings is 3. The van der Waals surface area contributed by atoms with Crippen LogP contribution in [0, 0.1) is 0 Å². The fourth-order valence-electron chi connectivity index (χ4n) is 4.20. The van der Waals surface area contributed by atoms with Gasteiger partial charge in [-0.2, -0.15) is 0 Å². The first kappa shape index (κ1) is 23.4. The van der Waals surface area contributed by atoms with Crippen LogP contribution < -0.4 is 14.5 Å². The Morgan fingerprint density at radius 1 is 0.941 bits per heavy atom. The maximum Gasteiger partial charge on any atom is 0.251 e. The van der Waals surface area contributed by atoms with Crippen LogP contribution in [-0.2, 0) is 11.3 Å². The molecule has 3 aromatic carbocycles. The zero-order valence-corrected chi connectivity index (χ0v) is 20.0. The predicted molar refractivity (Wildman–Crippen MR) is 141 cm³/mol. The van der Waals surface area contributed by atoms with Crippen LogP contribution in [-0.4, -0.2) is 19.6 Å². The normalized spacial score (nSPS) is 13.6. The summed E-state index contributed by atoms with van der Waals surface area (Å²) in [6.07, 6.45) is 9.47. The molecule has 0 spiro atoms. The molecule has 174 valence electrons. The average molecular weight is 453 g/mol. The van der Waals surface area contributed by atoms with Gasteiger partial charge >= 0.3 is 0 Å². The molecule has 1 aliphatic rings. The highest BCUT2D eigenvalue weighted by atomic mass is 16.5. The number of hydrogen-bond acceptors (Lipinski definition) is 3. The minimum absolute atomic E-state index is 0.0529. The lowest BCUT2D eigenvalue weighted by molar-refractivity contribution is -0.114. The summed E-state index contributed by atoms with van der Waals surface area (Å²) < 4.78 is 5.30. The summed E-state index contributed by atoms with van der Waals surface area (Å²) in [4.78, 5) is 17.7. The summed E-state index contributed by atoms with van der Waals surface area (Å²) in [5.74, 6) is 0.712. The van der Waals surface area contributed by atoms with E-state index in [1.54, 1.807) is 13.2 Å². The van der Waals surface area contributed by atoms with Crippen molar-refractivity contribution in [1.29, 1.82) is 0 Å². The van der Waals surface area contributed by atoms with Crippen LogP contribution in [0.25, 0.3) is 5.57 Å². The van der Waals surface area contributed by atoms with Crippen molar-refractivity contribution in [3.8, 4) is 5.75 Å². The van der Waals surface area contributed by atoms with Gasteiger partial charge in [0.25, 0.3) is 5.91 Å². The van der Waals surface area contributed by atoms with Crippen LogP contribution in [0.3, 0.4) is 0 Å². The summed E-state index contributed by atoms with van der Waals surface area (Å²) in [7, 11) is 1.64. The van der Waals surface area contributed by atoms with E-state index >= 15 is 0 Å². The quantitative estimate of drug-likeness (QED) is 0.263. The molecule has 0 bridgehead atoms. The molecule has 0 atom stereocenters. The molecule has 1 heterocycles. The minimum atomic E-state index is -0.0529. The molecule has 0 fully saturated rings. The van der Waals surface area contributed by atoms with E-state index in [1.807, 2.05) is 65.6 Å². The van der Waals surface area contributed by atoms with Crippen LogP contribution >= 0.6 is 0 Å². The van der Waals surface area contributed by atoms with Gasteiger partial charge in [0.2, 0.25) is 0 Å². The van der Waals surface area contributed by atoms with Crippen LogP contribution in [0.4, 0.5) is 11.4 Å². The number of amides is 1. The van der Waals surface area contributed by atoms with Crippen molar-refractivity contribution in [3.63, 3.8) is 0 Å². The second-order valence-electron chi connectivity index (χ2n) is 8.44. The first-order valence-electron chi connectivity index (χ1n) is 11.9. The van der Waals surface area contributed by atoms with Crippen molar-refractivity contribution in [2.24, 2.45) is 0 Å². The molecule has 0 radical (unpaired) electrons. The predicted octanol–water partition coefficient (Wildman–Crippen LogP) is 6.84. The van der Waals surface area contributed by atoms with Gasteiger partial charge in [0.05, 0.1) is 13.7 Å². The largest absolute Gasteiger partial charge is 0.497 e. The number of anilines is 2. The molecule has 1 aliphatic heterocycles. The summed E-state index contributed by atoms with van der Waals surface area (Å²) in [6, 6.07) is 26.0. The Morgan fingerprint density at radius 3 is 2.41 bits per heavy atom. The summed E-state index contributed by atoms with van der Waals surface area (Å²) >= 11 is 0. The number of hydrogen-bond donors (Lipinski definition) is 0. The number of allylic oxidation sites excluding steroid dienone is 2. The van der Waals surface area contributed by atoms with E-state index in [-0.39, 0.29) is 5.91 Å². The van der Waals surface area contributed by atoms with Gasteiger partial charge in [-0.05, 0) is 54.0 Å². The van der Waals surface area contributed by atoms with Crippen molar-refractivity contribution >= 4 is 22.9 Å². The Balaban J connectivity index is 1.64. The molecule has 0 saturated carbocycles. The number of unbranched alkanes of at least 4 members (excludes halogenated alkanes) is 2. The standard InChI is InChI=1S/C30H32N2O2/c1-3-4-10-20-31-21-19-25(28-13-8-9-14-29(28)31)22-30(33)32(23-24-11-6-5-7-12-24)26-15-17-27(34-2)18-16-26/h5-9,11-19,21-22H,3-4,10,20,23H2,1-2H3/b25-22+. The number of para-hydroxylation sites is 1. The highest BCUT2D eigenvalue weighted by molar-refractivity contribution is 6.08. The van der Waals surface area contributed by atoms with Gasteiger partial charge in [-0.15, -0.1) is 0 Å². The average Bonchev–Trinajstić information content (AvgIpc) is 2.89. The molecule has 1 amide bonds. The van der Waals surface area contributed by atoms with Gasteiger partial charge in [0.1, 0.15) is 5.75 Å². The zero-order valence-electron chi connectivity index (χ0n) is 20.0. The van der Waals surface area contributed by atoms with E-state index in [4.69, 9.17) is 4.74 Å². The molecule has 3 aromatic rings. The van der Waals surface area contributed by atoms with Gasteiger partial charge in [-0.1, -0.05) is 68.3 Å². The summed E-state index contributed by atoms with van der Waals surface area (Å²) in [5, 5.41) is 0. The molecule has 0 saturated heterocycles. The number of nitrogens with zero attached hydrogens (tertiary/aromatic N) is 2. The Hall–Kier alpha value is -3.79. The van der Waals surface area contributed by atoms with E-state index < -0.39 is 0 Å². The van der Waals surface area contributed by atoms with Crippen LogP contribution in [0.5, 0.6) is 5.75 Å². The fourth-order valence-corrected chi connectivity index (χ4v) is 4.20. The third kappa shape index (κ3) is 5.57. The monoisotopic (exact) mass is 452 g/mol. The molecular formula is C30H32N2O2. The molecule has 0 aromatic heterocycles. The van der Waals surface area contributed by atoms with E-state index in [2.05, 4.69) is 42.3 Å². The molecule has 34 heavy (non-hydrogen) atoms. The lowest BCUT2D eigenvalue weighted by atomic mass is 9.99. The highest BCUT2D eigenvalue weighted by Gasteiger charge is 2.20. The number of carbonyl (C=O) groups excluding carboxylic acids is 1. The fraction of sp³-hybridized carbons (Fsp3) is 0.233. The van der Waals surface area contributed by atoms with Gasteiger partial charge in [-0.3, -0.25) is 4.79 Å². The first-order valence-corrected chi connectivity index (χ1v) is 11.9. The van der Waals surface area contributed by atoms with Crippen molar-refractivity contribution < 1.29 is 9.53 Å². The Kier molecular flexibility index (Phi) is 7.82. The second kappa shape index (κ2) is 11.4. The number of carbonyl (C=O) groups is 1. The van der Waals surface area contributed by atoms with Crippen molar-refractivity contribution in [1.82, 2.24) is 0 Å². The van der Waals surface area contributed by atoms with Crippen molar-refractivity contribution in [3.05, 3.63) is 108 Å². The van der Waals surface area contributed by atoms with Gasteiger partial charge in [0.15, 0.2) is 0 Å². The molecule has 0 N–H and O–H groups in total. The SMILES string of the molecule is CCCCCN1C=C/C(=C\C(=O)N(Cc2ccccc2)c2ccc(OC)cc2)c2ccccc21. The van der Waals surface area contributed by atoms with Crippen molar-refractivity contribution in [2.45, 2.75) is 32.7 Å². The highest BCUT2D eigenvalue weighted by Crippen LogP contribution is 2.33. The molecule has 0 unspecified atom stereocenters. The minimum Gasteiger partial charge on any atom is -0.497 e. The Bertz CT molecular complexity index is 1150. The Labute approximate surface area is 202 Å². The summed E-state index contributed by atoms with van der Waals surface area (Å²) in [6.45, 7) is 3.69. The zero-order chi connectivity index (χ0) is 23.8. The molecule has 0 aliphatic carbocycles. The molecule has 4 nitrogen and oxygen atoms in total. The van der Waals surface area contributed by atoms with Gasteiger partial charge in [-0.25, -0.2) is 0 Å². The third-order valence-electron chi connectivity index (χ3n) is 6.07. The number of ether oxygens (including phenoxy) is 1. The van der Waals surface area contributed by atoms with Crippen molar-refractivity contribution in [2.75, 3.05) is 23.5 Å². The molecular weight excluding hydrogens is 420 g/mol. The van der Waals surface area contributed by atoms with Gasteiger partial charge in [0, 0.05) is 35.8 Å². The lowest BCUT2D eigenvalue weighted by Gasteiger charge is -2.28. The topological polar surface area (TPSA) is 32.8 Å². The molecule has 4 rings (SSSR count). The maximum absolute atomic E-state index is 13.6. The lowest BCUT2D eigenvalue weighted by Crippen LogP contribution is -2.29. The van der Waals surface area contributed by atoms with Crippen LogP contribution in [0.2, 0.25) is 0 Å². The molecule has 4 heteroatoms. The van der Waals surface area contributed by atoms with E-state index in [1.165, 1.54) is 12.8 Å².